The van der Waals surface area contributed by atoms with Gasteiger partial charge >= 0.3 is 0 Å². The maximum atomic E-state index is 11.0. The van der Waals surface area contributed by atoms with E-state index in [1.54, 1.807) is 4.68 Å². The zero-order valence-electron chi connectivity index (χ0n) is 10.2. The van der Waals surface area contributed by atoms with Crippen molar-refractivity contribution in [2.24, 2.45) is 0 Å². The molecule has 88 valence electrons. The molecule has 0 radical (unpaired) electrons. The molecule has 17 heavy (non-hydrogen) atoms. The minimum atomic E-state index is -0.185. The van der Waals surface area contributed by atoms with Crippen molar-refractivity contribution < 1.29 is 4.79 Å². The van der Waals surface area contributed by atoms with Crippen molar-refractivity contribution >= 4 is 6.29 Å². The molecular weight excluding hydrogens is 214 g/mol. The standard InChI is InChI=1S/C13H15N3O/c1-13(2,3)12-11(9-17)14-15-16(12)10-7-5-4-6-8-10/h4-9H,1-3H3. The van der Waals surface area contributed by atoms with Crippen LogP contribution in [0.3, 0.4) is 0 Å². The zero-order chi connectivity index (χ0) is 12.5. The van der Waals surface area contributed by atoms with Gasteiger partial charge in [-0.25, -0.2) is 4.68 Å². The molecule has 0 saturated heterocycles. The number of hydrogen-bond acceptors (Lipinski definition) is 3. The van der Waals surface area contributed by atoms with Gasteiger partial charge in [0.15, 0.2) is 6.29 Å². The van der Waals surface area contributed by atoms with E-state index in [1.807, 2.05) is 51.1 Å². The highest BCUT2D eigenvalue weighted by atomic mass is 16.1. The molecular formula is C13H15N3O. The highest BCUT2D eigenvalue weighted by Gasteiger charge is 2.25. The third-order valence-electron chi connectivity index (χ3n) is 2.52. The lowest BCUT2D eigenvalue weighted by Gasteiger charge is -2.20. The van der Waals surface area contributed by atoms with Gasteiger partial charge in [0.2, 0.25) is 0 Å². The summed E-state index contributed by atoms with van der Waals surface area (Å²) in [6, 6.07) is 9.70. The van der Waals surface area contributed by atoms with Gasteiger partial charge in [-0.2, -0.15) is 0 Å². The molecule has 0 aliphatic carbocycles. The molecule has 2 rings (SSSR count). The van der Waals surface area contributed by atoms with Gasteiger partial charge in [-0.15, -0.1) is 5.10 Å². The molecule has 0 amide bonds. The third-order valence-corrected chi connectivity index (χ3v) is 2.52. The minimum Gasteiger partial charge on any atom is -0.296 e. The molecule has 0 aliphatic heterocycles. The monoisotopic (exact) mass is 229 g/mol. The summed E-state index contributed by atoms with van der Waals surface area (Å²) in [4.78, 5) is 11.0. The van der Waals surface area contributed by atoms with E-state index in [-0.39, 0.29) is 5.41 Å². The van der Waals surface area contributed by atoms with E-state index in [0.717, 1.165) is 17.7 Å². The van der Waals surface area contributed by atoms with Crippen LogP contribution in [0.5, 0.6) is 0 Å². The van der Waals surface area contributed by atoms with Crippen LogP contribution in [-0.2, 0) is 5.41 Å². The van der Waals surface area contributed by atoms with Crippen LogP contribution >= 0.6 is 0 Å². The molecule has 0 saturated carbocycles. The van der Waals surface area contributed by atoms with Gasteiger partial charge < -0.3 is 0 Å². The maximum absolute atomic E-state index is 11.0. The lowest BCUT2D eigenvalue weighted by Crippen LogP contribution is -2.19. The average molecular weight is 229 g/mol. The van der Waals surface area contributed by atoms with E-state index in [2.05, 4.69) is 10.3 Å². The fourth-order valence-corrected chi connectivity index (χ4v) is 1.82. The summed E-state index contributed by atoms with van der Waals surface area (Å²) in [6.07, 6.45) is 0.757. The smallest absolute Gasteiger partial charge is 0.172 e. The first-order chi connectivity index (χ1) is 8.04. The summed E-state index contributed by atoms with van der Waals surface area (Å²) in [6.45, 7) is 6.12. The Bertz CT molecular complexity index is 523. The van der Waals surface area contributed by atoms with Crippen LogP contribution in [0.4, 0.5) is 0 Å². The number of hydrogen-bond donors (Lipinski definition) is 0. The summed E-state index contributed by atoms with van der Waals surface area (Å²) in [5.41, 5.74) is 1.97. The summed E-state index contributed by atoms with van der Waals surface area (Å²) in [5, 5.41) is 7.98. The van der Waals surface area contributed by atoms with Crippen molar-refractivity contribution in [3.05, 3.63) is 41.7 Å². The van der Waals surface area contributed by atoms with E-state index >= 15 is 0 Å². The average Bonchev–Trinajstić information content (AvgIpc) is 2.73. The van der Waals surface area contributed by atoms with E-state index < -0.39 is 0 Å². The molecule has 2 aromatic rings. The summed E-state index contributed by atoms with van der Waals surface area (Å²) in [5.74, 6) is 0. The molecule has 0 bridgehead atoms. The molecule has 1 aromatic heterocycles. The predicted molar refractivity (Wildman–Crippen MR) is 65.4 cm³/mol. The molecule has 0 N–H and O–H groups in total. The lowest BCUT2D eigenvalue weighted by molar-refractivity contribution is 0.111. The first-order valence-corrected chi connectivity index (χ1v) is 5.51. The zero-order valence-corrected chi connectivity index (χ0v) is 10.2. The number of rotatable bonds is 2. The Balaban J connectivity index is 2.64. The van der Waals surface area contributed by atoms with Crippen molar-refractivity contribution in [2.45, 2.75) is 26.2 Å². The first kappa shape index (κ1) is 11.5. The van der Waals surface area contributed by atoms with Gasteiger partial charge in [0.05, 0.1) is 11.4 Å². The molecule has 4 heteroatoms. The Hall–Kier alpha value is -1.97. The van der Waals surface area contributed by atoms with E-state index in [1.165, 1.54) is 0 Å². The van der Waals surface area contributed by atoms with Gasteiger partial charge in [0.1, 0.15) is 5.69 Å². The number of carbonyl (C=O) groups is 1. The fourth-order valence-electron chi connectivity index (χ4n) is 1.82. The normalized spacial score (nSPS) is 11.5. The van der Waals surface area contributed by atoms with Crippen molar-refractivity contribution in [3.63, 3.8) is 0 Å². The molecule has 0 atom stereocenters. The number of nitrogens with zero attached hydrogens (tertiary/aromatic N) is 3. The van der Waals surface area contributed by atoms with Crippen LogP contribution in [0, 0.1) is 0 Å². The summed E-state index contributed by atoms with van der Waals surface area (Å²) >= 11 is 0. The second kappa shape index (κ2) is 4.13. The van der Waals surface area contributed by atoms with Crippen LogP contribution in [-0.4, -0.2) is 21.3 Å². The van der Waals surface area contributed by atoms with Gasteiger partial charge in [0.25, 0.3) is 0 Å². The predicted octanol–water partition coefficient (Wildman–Crippen LogP) is 2.38. The van der Waals surface area contributed by atoms with E-state index in [0.29, 0.717) is 5.69 Å². The van der Waals surface area contributed by atoms with E-state index in [4.69, 9.17) is 0 Å². The molecule has 0 aliphatic rings. The van der Waals surface area contributed by atoms with Crippen LogP contribution in [0.1, 0.15) is 37.0 Å². The van der Waals surface area contributed by atoms with Gasteiger partial charge in [-0.05, 0) is 12.1 Å². The van der Waals surface area contributed by atoms with Crippen molar-refractivity contribution in [3.8, 4) is 5.69 Å². The maximum Gasteiger partial charge on any atom is 0.172 e. The highest BCUT2D eigenvalue weighted by molar-refractivity contribution is 5.74. The van der Waals surface area contributed by atoms with E-state index in [9.17, 15) is 4.79 Å². The molecule has 0 unspecified atom stereocenters. The number of para-hydroxylation sites is 1. The van der Waals surface area contributed by atoms with Crippen LogP contribution < -0.4 is 0 Å². The SMILES string of the molecule is CC(C)(C)c1c(C=O)nnn1-c1ccccc1. The minimum absolute atomic E-state index is 0.185. The third kappa shape index (κ3) is 2.11. The fraction of sp³-hybridized carbons (Fsp3) is 0.308. The summed E-state index contributed by atoms with van der Waals surface area (Å²) in [7, 11) is 0. The molecule has 4 nitrogen and oxygen atoms in total. The Kier molecular flexibility index (Phi) is 2.79. The summed E-state index contributed by atoms with van der Waals surface area (Å²) < 4.78 is 1.73. The molecule has 1 aromatic carbocycles. The molecule has 0 spiro atoms. The van der Waals surface area contributed by atoms with Gasteiger partial charge in [0, 0.05) is 5.41 Å². The second-order valence-electron chi connectivity index (χ2n) is 4.94. The Labute approximate surface area is 100 Å². The van der Waals surface area contributed by atoms with Crippen molar-refractivity contribution in [1.82, 2.24) is 15.0 Å². The lowest BCUT2D eigenvalue weighted by atomic mass is 9.90. The molecule has 0 fully saturated rings. The number of benzene rings is 1. The Morgan fingerprint density at radius 1 is 1.18 bits per heavy atom. The highest BCUT2D eigenvalue weighted by Crippen LogP contribution is 2.25. The van der Waals surface area contributed by atoms with Gasteiger partial charge in [-0.3, -0.25) is 4.79 Å². The molecule has 1 heterocycles. The Morgan fingerprint density at radius 2 is 1.82 bits per heavy atom. The van der Waals surface area contributed by atoms with Crippen LogP contribution in [0.2, 0.25) is 0 Å². The second-order valence-corrected chi connectivity index (χ2v) is 4.94. The van der Waals surface area contributed by atoms with Crippen LogP contribution in [0.25, 0.3) is 5.69 Å². The van der Waals surface area contributed by atoms with Crippen molar-refractivity contribution in [2.75, 3.05) is 0 Å². The topological polar surface area (TPSA) is 47.8 Å². The Morgan fingerprint density at radius 3 is 2.35 bits per heavy atom. The van der Waals surface area contributed by atoms with Crippen LogP contribution in [0.15, 0.2) is 30.3 Å². The first-order valence-electron chi connectivity index (χ1n) is 5.51. The number of carbonyl (C=O) groups excluding carboxylic acids is 1. The van der Waals surface area contributed by atoms with Gasteiger partial charge in [-0.1, -0.05) is 44.2 Å². The largest absolute Gasteiger partial charge is 0.296 e. The number of aromatic nitrogens is 3. The quantitative estimate of drug-likeness (QED) is 0.743. The van der Waals surface area contributed by atoms with Crippen molar-refractivity contribution in [1.29, 1.82) is 0 Å². The number of aldehydes is 1.